The van der Waals surface area contributed by atoms with Crippen LogP contribution in [0.5, 0.6) is 0 Å². The Kier molecular flexibility index (Phi) is 2.71. The van der Waals surface area contributed by atoms with Gasteiger partial charge in [-0.2, -0.15) is 24.1 Å². The van der Waals surface area contributed by atoms with E-state index in [-0.39, 0.29) is 0 Å². The first kappa shape index (κ1) is 9.50. The van der Waals surface area contributed by atoms with Crippen LogP contribution in [-0.2, 0) is 10.2 Å². The zero-order chi connectivity index (χ0) is 9.19. The Morgan fingerprint density at radius 2 is 2.17 bits per heavy atom. The predicted molar refractivity (Wildman–Crippen MR) is 50.5 cm³/mol. The van der Waals surface area contributed by atoms with Crippen molar-refractivity contribution in [1.29, 1.82) is 0 Å². The Balaban J connectivity index is 2.77. The number of rotatable bonds is 3. The lowest BCUT2D eigenvalue weighted by Gasteiger charge is -2.11. The van der Waals surface area contributed by atoms with Crippen LogP contribution in [0.2, 0.25) is 0 Å². The fourth-order valence-corrected chi connectivity index (χ4v) is 1.83. The van der Waals surface area contributed by atoms with Crippen LogP contribution in [0.4, 0.5) is 5.69 Å². The summed E-state index contributed by atoms with van der Waals surface area (Å²) >= 11 is 1.45. The minimum Gasteiger partial charge on any atom is -0.270 e. The van der Waals surface area contributed by atoms with E-state index in [0.29, 0.717) is 5.69 Å². The molecule has 6 heteroatoms. The first-order valence-corrected chi connectivity index (χ1v) is 5.63. The molecule has 0 radical (unpaired) electrons. The van der Waals surface area contributed by atoms with E-state index in [2.05, 4.69) is 4.72 Å². The molecule has 1 heterocycles. The third kappa shape index (κ3) is 2.20. The molecule has 0 atom stereocenters. The van der Waals surface area contributed by atoms with Crippen LogP contribution >= 0.6 is 11.3 Å². The lowest BCUT2D eigenvalue weighted by Crippen LogP contribution is -2.28. The molecule has 0 aliphatic heterocycles. The van der Waals surface area contributed by atoms with Crippen molar-refractivity contribution in [2.75, 3.05) is 18.8 Å². The summed E-state index contributed by atoms with van der Waals surface area (Å²) in [5.74, 6) is 0. The summed E-state index contributed by atoms with van der Waals surface area (Å²) < 4.78 is 26.0. The standard InChI is InChI=1S/C6H10N2O2S2/c1-8(2)12(9,10)7-6-3-4-11-5-6/h3-5,7H,1-2H3. The summed E-state index contributed by atoms with van der Waals surface area (Å²) in [6.45, 7) is 0. The molecule has 0 aliphatic rings. The third-order valence-electron chi connectivity index (χ3n) is 1.25. The van der Waals surface area contributed by atoms with E-state index in [0.717, 1.165) is 4.31 Å². The summed E-state index contributed by atoms with van der Waals surface area (Å²) in [6, 6.07) is 1.71. The number of nitrogens with one attached hydrogen (secondary N) is 1. The molecule has 1 rings (SSSR count). The van der Waals surface area contributed by atoms with Gasteiger partial charge < -0.3 is 0 Å². The molecule has 1 aromatic heterocycles. The molecule has 0 amide bonds. The quantitative estimate of drug-likeness (QED) is 0.801. The van der Waals surface area contributed by atoms with Crippen LogP contribution in [0.25, 0.3) is 0 Å². The van der Waals surface area contributed by atoms with Gasteiger partial charge in [0.15, 0.2) is 0 Å². The molecule has 0 unspecified atom stereocenters. The van der Waals surface area contributed by atoms with Crippen LogP contribution in [0, 0.1) is 0 Å². The van der Waals surface area contributed by atoms with Crippen LogP contribution in [-0.4, -0.2) is 26.8 Å². The van der Waals surface area contributed by atoms with Gasteiger partial charge in [0, 0.05) is 19.5 Å². The molecular formula is C6H10N2O2S2. The SMILES string of the molecule is CN(C)S(=O)(=O)Nc1ccsc1. The van der Waals surface area contributed by atoms with Crippen molar-refractivity contribution >= 4 is 27.2 Å². The number of hydrogen-bond donors (Lipinski definition) is 1. The molecule has 0 saturated carbocycles. The summed E-state index contributed by atoms with van der Waals surface area (Å²) in [5.41, 5.74) is 0.605. The maximum absolute atomic E-state index is 11.2. The lowest BCUT2D eigenvalue weighted by molar-refractivity contribution is 0.527. The van der Waals surface area contributed by atoms with Gasteiger partial charge >= 0.3 is 10.2 Å². The van der Waals surface area contributed by atoms with Crippen molar-refractivity contribution in [3.8, 4) is 0 Å². The van der Waals surface area contributed by atoms with Crippen molar-refractivity contribution in [2.24, 2.45) is 0 Å². The molecular weight excluding hydrogens is 196 g/mol. The summed E-state index contributed by atoms with van der Waals surface area (Å²) in [4.78, 5) is 0. The molecule has 4 nitrogen and oxygen atoms in total. The Morgan fingerprint density at radius 3 is 2.58 bits per heavy atom. The summed E-state index contributed by atoms with van der Waals surface area (Å²) in [7, 11) is -0.369. The van der Waals surface area contributed by atoms with Gasteiger partial charge in [0.1, 0.15) is 0 Å². The maximum atomic E-state index is 11.2. The number of thiophene rings is 1. The highest BCUT2D eigenvalue weighted by atomic mass is 32.2. The van der Waals surface area contributed by atoms with Crippen LogP contribution in [0.1, 0.15) is 0 Å². The largest absolute Gasteiger partial charge is 0.301 e. The molecule has 0 aromatic carbocycles. The lowest BCUT2D eigenvalue weighted by atomic mass is 10.6. The molecule has 68 valence electrons. The highest BCUT2D eigenvalue weighted by Gasteiger charge is 2.12. The van der Waals surface area contributed by atoms with Crippen LogP contribution in [0.3, 0.4) is 0 Å². The second-order valence-electron chi connectivity index (χ2n) is 2.40. The van der Waals surface area contributed by atoms with Gasteiger partial charge in [-0.05, 0) is 11.4 Å². The second-order valence-corrected chi connectivity index (χ2v) is 5.07. The molecule has 0 aliphatic carbocycles. The Labute approximate surface area is 76.0 Å². The maximum Gasteiger partial charge on any atom is 0.301 e. The van der Waals surface area contributed by atoms with Crippen molar-refractivity contribution in [2.45, 2.75) is 0 Å². The Morgan fingerprint density at radius 1 is 1.50 bits per heavy atom. The van der Waals surface area contributed by atoms with Crippen LogP contribution < -0.4 is 4.72 Å². The minimum atomic E-state index is -3.33. The van der Waals surface area contributed by atoms with Gasteiger partial charge in [-0.3, -0.25) is 4.72 Å². The van der Waals surface area contributed by atoms with Crippen molar-refractivity contribution in [3.05, 3.63) is 16.8 Å². The Hall–Kier alpha value is -0.590. The topological polar surface area (TPSA) is 49.4 Å². The van der Waals surface area contributed by atoms with Gasteiger partial charge in [0.05, 0.1) is 5.69 Å². The summed E-state index contributed by atoms with van der Waals surface area (Å²) in [6.07, 6.45) is 0. The van der Waals surface area contributed by atoms with Crippen molar-refractivity contribution in [3.63, 3.8) is 0 Å². The first-order valence-electron chi connectivity index (χ1n) is 3.25. The molecule has 1 N–H and O–H groups in total. The van der Waals surface area contributed by atoms with Gasteiger partial charge in [-0.25, -0.2) is 0 Å². The molecule has 0 fully saturated rings. The van der Waals surface area contributed by atoms with Crippen molar-refractivity contribution < 1.29 is 8.42 Å². The molecule has 0 saturated heterocycles. The highest BCUT2D eigenvalue weighted by Crippen LogP contribution is 2.13. The molecule has 12 heavy (non-hydrogen) atoms. The molecule has 0 bridgehead atoms. The fourth-order valence-electron chi connectivity index (χ4n) is 0.563. The van der Waals surface area contributed by atoms with Gasteiger partial charge in [-0.15, -0.1) is 0 Å². The normalized spacial score (nSPS) is 11.9. The van der Waals surface area contributed by atoms with Gasteiger partial charge in [0.25, 0.3) is 0 Å². The van der Waals surface area contributed by atoms with E-state index in [1.54, 1.807) is 11.4 Å². The van der Waals surface area contributed by atoms with Crippen molar-refractivity contribution in [1.82, 2.24) is 4.31 Å². The molecule has 0 spiro atoms. The number of nitrogens with zero attached hydrogens (tertiary/aromatic N) is 1. The van der Waals surface area contributed by atoms with E-state index in [9.17, 15) is 8.42 Å². The van der Waals surface area contributed by atoms with Gasteiger partial charge in [0.2, 0.25) is 0 Å². The van der Waals surface area contributed by atoms with E-state index >= 15 is 0 Å². The third-order valence-corrected chi connectivity index (χ3v) is 3.39. The summed E-state index contributed by atoms with van der Waals surface area (Å²) in [5, 5.41) is 3.55. The fraction of sp³-hybridized carbons (Fsp3) is 0.333. The Bertz CT molecular complexity index is 328. The highest BCUT2D eigenvalue weighted by molar-refractivity contribution is 7.90. The van der Waals surface area contributed by atoms with E-state index in [1.807, 2.05) is 5.38 Å². The smallest absolute Gasteiger partial charge is 0.270 e. The average Bonchev–Trinajstić information content (AvgIpc) is 2.38. The average molecular weight is 206 g/mol. The predicted octanol–water partition coefficient (Wildman–Crippen LogP) is 0.966. The van der Waals surface area contributed by atoms with E-state index in [1.165, 1.54) is 25.4 Å². The zero-order valence-electron chi connectivity index (χ0n) is 6.81. The van der Waals surface area contributed by atoms with Crippen LogP contribution in [0.15, 0.2) is 16.8 Å². The first-order chi connectivity index (χ1) is 5.52. The zero-order valence-corrected chi connectivity index (χ0v) is 8.45. The van der Waals surface area contributed by atoms with E-state index < -0.39 is 10.2 Å². The minimum absolute atomic E-state index is 0.605. The second kappa shape index (κ2) is 3.42. The van der Waals surface area contributed by atoms with Gasteiger partial charge in [-0.1, -0.05) is 0 Å². The molecule has 1 aromatic rings. The number of hydrogen-bond acceptors (Lipinski definition) is 3. The number of anilines is 1. The van der Waals surface area contributed by atoms with E-state index in [4.69, 9.17) is 0 Å². The monoisotopic (exact) mass is 206 g/mol.